The Balaban J connectivity index is 1.41. The van der Waals surface area contributed by atoms with E-state index in [-0.39, 0.29) is 11.2 Å². The highest BCUT2D eigenvalue weighted by Gasteiger charge is 2.25. The molecule has 0 saturated carbocycles. The van der Waals surface area contributed by atoms with E-state index in [4.69, 9.17) is 15.0 Å². The van der Waals surface area contributed by atoms with Gasteiger partial charge in [-0.1, -0.05) is 99.6 Å². The highest BCUT2D eigenvalue weighted by atomic mass is 16.3. The fourth-order valence-electron chi connectivity index (χ4n) is 6.00. The monoisotopic (exact) mass is 586 g/mol. The molecule has 0 aliphatic rings. The topological polar surface area (TPSA) is 63.8 Å². The summed E-state index contributed by atoms with van der Waals surface area (Å²) in [5, 5.41) is 11.6. The molecule has 0 amide bonds. The Kier molecular flexibility index (Phi) is 7.01. The van der Waals surface area contributed by atoms with E-state index in [1.165, 1.54) is 5.56 Å². The lowest BCUT2D eigenvalue weighted by Gasteiger charge is -2.22. The van der Waals surface area contributed by atoms with Gasteiger partial charge in [0.2, 0.25) is 0 Å². The van der Waals surface area contributed by atoms with E-state index in [1.807, 2.05) is 67.0 Å². The Morgan fingerprint density at radius 2 is 1.36 bits per heavy atom. The van der Waals surface area contributed by atoms with Gasteiger partial charge >= 0.3 is 0 Å². The summed E-state index contributed by atoms with van der Waals surface area (Å²) in [5.74, 6) is 0.909. The Morgan fingerprint density at radius 1 is 0.667 bits per heavy atom. The minimum Gasteiger partial charge on any atom is -0.507 e. The Labute approximate surface area is 263 Å². The van der Waals surface area contributed by atoms with Gasteiger partial charge in [-0.2, -0.15) is 0 Å². The third-order valence-corrected chi connectivity index (χ3v) is 8.29. The molecule has 7 rings (SSSR count). The molecule has 5 nitrogen and oxygen atoms in total. The predicted molar refractivity (Wildman–Crippen MR) is 184 cm³/mol. The third-order valence-electron chi connectivity index (χ3n) is 8.29. The maximum atomic E-state index is 11.6. The molecule has 0 aliphatic heterocycles. The molecule has 220 valence electrons. The van der Waals surface area contributed by atoms with Gasteiger partial charge in [0.05, 0.1) is 22.5 Å². The second-order valence-corrected chi connectivity index (χ2v) is 12.4. The molecule has 0 atom stereocenters. The van der Waals surface area contributed by atoms with Crippen LogP contribution in [0.25, 0.3) is 61.8 Å². The van der Waals surface area contributed by atoms with Gasteiger partial charge in [0.1, 0.15) is 17.1 Å². The van der Waals surface area contributed by atoms with E-state index >= 15 is 0 Å². The summed E-state index contributed by atoms with van der Waals surface area (Å²) < 4.78 is 2.11. The van der Waals surface area contributed by atoms with E-state index in [1.54, 1.807) is 0 Å². The first-order valence-corrected chi connectivity index (χ1v) is 15.2. The van der Waals surface area contributed by atoms with Gasteiger partial charge < -0.3 is 5.11 Å². The van der Waals surface area contributed by atoms with Crippen LogP contribution < -0.4 is 0 Å². The van der Waals surface area contributed by atoms with Crippen LogP contribution in [0, 0.1) is 6.92 Å². The van der Waals surface area contributed by atoms with Crippen LogP contribution in [-0.2, 0) is 5.41 Å². The van der Waals surface area contributed by atoms with E-state index < -0.39 is 0 Å². The number of pyridine rings is 2. The summed E-state index contributed by atoms with van der Waals surface area (Å²) in [4.78, 5) is 14.9. The molecule has 0 spiro atoms. The Morgan fingerprint density at radius 3 is 2.11 bits per heavy atom. The zero-order valence-corrected chi connectivity index (χ0v) is 25.9. The molecule has 5 heteroatoms. The quantitative estimate of drug-likeness (QED) is 0.218. The SMILES string of the molecule is Cc1cnc(-c2cccc(-c3nccc4c3nc(-c3cccc(C(C)(C)C)c3O)n4-c3ccccc3)c2)cc1-c1ccccc1. The number of phenolic OH excluding ortho intramolecular Hbond substituents is 1. The van der Waals surface area contributed by atoms with Gasteiger partial charge in [-0.25, -0.2) is 4.98 Å². The van der Waals surface area contributed by atoms with Crippen molar-refractivity contribution in [3.8, 4) is 56.5 Å². The van der Waals surface area contributed by atoms with Gasteiger partial charge in [-0.3, -0.25) is 14.5 Å². The Hall–Kier alpha value is -5.55. The summed E-state index contributed by atoms with van der Waals surface area (Å²) in [6, 6.07) is 38.9. The standard InChI is InChI=1S/C40H34N4O/c1-26-25-42-34(24-32(26)27-13-7-5-8-14-27)28-15-11-16-29(23-28)36-37-35(21-22-41-36)44(30-17-9-6-10-18-30)39(43-37)31-19-12-20-33(38(31)45)40(2,3)4/h5-25,45H,1-4H3. The molecule has 0 saturated heterocycles. The predicted octanol–water partition coefficient (Wildman–Crippen LogP) is 9.80. The molecule has 0 unspecified atom stereocenters. The second kappa shape index (κ2) is 11.2. The average Bonchev–Trinajstić information content (AvgIpc) is 3.45. The van der Waals surface area contributed by atoms with Crippen LogP contribution in [0.15, 0.2) is 128 Å². The van der Waals surface area contributed by atoms with Crippen LogP contribution in [0.2, 0.25) is 0 Å². The van der Waals surface area contributed by atoms with Gasteiger partial charge in [0, 0.05) is 29.2 Å². The zero-order valence-electron chi connectivity index (χ0n) is 25.9. The molecule has 3 aromatic heterocycles. The first-order valence-electron chi connectivity index (χ1n) is 15.2. The number of para-hydroxylation sites is 2. The van der Waals surface area contributed by atoms with Crippen LogP contribution in [0.3, 0.4) is 0 Å². The lowest BCUT2D eigenvalue weighted by Crippen LogP contribution is -2.11. The molecule has 0 fully saturated rings. The van der Waals surface area contributed by atoms with Crippen molar-refractivity contribution in [2.24, 2.45) is 0 Å². The minimum atomic E-state index is -0.235. The maximum Gasteiger partial charge on any atom is 0.149 e. The molecular weight excluding hydrogens is 552 g/mol. The van der Waals surface area contributed by atoms with Crippen LogP contribution >= 0.6 is 0 Å². The van der Waals surface area contributed by atoms with Crippen molar-refractivity contribution in [3.05, 3.63) is 139 Å². The maximum absolute atomic E-state index is 11.6. The van der Waals surface area contributed by atoms with Gasteiger partial charge in [-0.05, 0) is 71.0 Å². The molecule has 0 bridgehead atoms. The van der Waals surface area contributed by atoms with Crippen molar-refractivity contribution >= 4 is 11.0 Å². The van der Waals surface area contributed by atoms with Crippen molar-refractivity contribution in [2.45, 2.75) is 33.1 Å². The van der Waals surface area contributed by atoms with E-state index in [9.17, 15) is 5.11 Å². The number of hydrogen-bond acceptors (Lipinski definition) is 4. The fourth-order valence-corrected chi connectivity index (χ4v) is 6.00. The van der Waals surface area contributed by atoms with Gasteiger partial charge in [0.15, 0.2) is 0 Å². The van der Waals surface area contributed by atoms with E-state index in [0.29, 0.717) is 11.4 Å². The first kappa shape index (κ1) is 28.2. The van der Waals surface area contributed by atoms with Crippen molar-refractivity contribution in [1.29, 1.82) is 0 Å². The van der Waals surface area contributed by atoms with Gasteiger partial charge in [-0.15, -0.1) is 0 Å². The lowest BCUT2D eigenvalue weighted by atomic mass is 9.85. The summed E-state index contributed by atoms with van der Waals surface area (Å²) in [6.45, 7) is 8.40. The van der Waals surface area contributed by atoms with Crippen LogP contribution in [0.4, 0.5) is 0 Å². The second-order valence-electron chi connectivity index (χ2n) is 12.4. The molecule has 3 heterocycles. The largest absolute Gasteiger partial charge is 0.507 e. The number of imidazole rings is 1. The van der Waals surface area contributed by atoms with Crippen molar-refractivity contribution in [2.75, 3.05) is 0 Å². The molecule has 45 heavy (non-hydrogen) atoms. The number of fused-ring (bicyclic) bond motifs is 1. The van der Waals surface area contributed by atoms with Crippen molar-refractivity contribution < 1.29 is 5.11 Å². The summed E-state index contributed by atoms with van der Waals surface area (Å²) in [5.41, 5.74) is 11.0. The van der Waals surface area contributed by atoms with Crippen LogP contribution in [0.1, 0.15) is 31.9 Å². The smallest absolute Gasteiger partial charge is 0.149 e. The normalized spacial score (nSPS) is 11.6. The molecule has 7 aromatic rings. The number of aryl methyl sites for hydroxylation is 1. The first-order chi connectivity index (χ1) is 21.8. The number of nitrogens with zero attached hydrogens (tertiary/aromatic N) is 4. The number of benzene rings is 4. The molecule has 0 aliphatic carbocycles. The summed E-state index contributed by atoms with van der Waals surface area (Å²) in [7, 11) is 0. The van der Waals surface area contributed by atoms with Crippen molar-refractivity contribution in [3.63, 3.8) is 0 Å². The zero-order chi connectivity index (χ0) is 31.1. The number of aromatic nitrogens is 4. The van der Waals surface area contributed by atoms with E-state index in [2.05, 4.69) is 92.9 Å². The average molecular weight is 587 g/mol. The summed E-state index contributed by atoms with van der Waals surface area (Å²) in [6.07, 6.45) is 3.77. The lowest BCUT2D eigenvalue weighted by molar-refractivity contribution is 0.448. The van der Waals surface area contributed by atoms with Crippen LogP contribution in [0.5, 0.6) is 5.75 Å². The number of aromatic hydroxyl groups is 1. The van der Waals surface area contributed by atoms with Crippen molar-refractivity contribution in [1.82, 2.24) is 19.5 Å². The minimum absolute atomic E-state index is 0.235. The Bertz CT molecular complexity index is 2160. The molecule has 4 aromatic carbocycles. The molecule has 1 N–H and O–H groups in total. The fraction of sp³-hybridized carbons (Fsp3) is 0.125. The molecule has 0 radical (unpaired) electrons. The van der Waals surface area contributed by atoms with Crippen LogP contribution in [-0.4, -0.2) is 24.6 Å². The highest BCUT2D eigenvalue weighted by Crippen LogP contribution is 2.41. The number of rotatable bonds is 5. The number of hydrogen-bond donors (Lipinski definition) is 1. The third kappa shape index (κ3) is 5.17. The molecular formula is C40H34N4O. The highest BCUT2D eigenvalue weighted by molar-refractivity contribution is 5.94. The van der Waals surface area contributed by atoms with E-state index in [0.717, 1.165) is 55.9 Å². The summed E-state index contributed by atoms with van der Waals surface area (Å²) >= 11 is 0. The number of phenols is 1. The van der Waals surface area contributed by atoms with Gasteiger partial charge in [0.25, 0.3) is 0 Å².